The predicted octanol–water partition coefficient (Wildman–Crippen LogP) is 2.41. The van der Waals surface area contributed by atoms with Crippen molar-refractivity contribution in [2.24, 2.45) is 5.92 Å². The van der Waals surface area contributed by atoms with Gasteiger partial charge in [-0.2, -0.15) is 0 Å². The Morgan fingerprint density at radius 2 is 1.50 bits per heavy atom. The zero-order valence-electron chi connectivity index (χ0n) is 15.0. The molecule has 7 heteroatoms. The number of hydrogen-bond donors (Lipinski definition) is 1. The van der Waals surface area contributed by atoms with E-state index in [0.717, 1.165) is 5.56 Å². The van der Waals surface area contributed by atoms with E-state index in [2.05, 4.69) is 9.47 Å². The minimum absolute atomic E-state index is 0.0224. The van der Waals surface area contributed by atoms with E-state index < -0.39 is 23.8 Å². The van der Waals surface area contributed by atoms with Gasteiger partial charge in [0.2, 0.25) is 0 Å². The number of carboxylic acids is 1. The third-order valence-electron chi connectivity index (χ3n) is 4.00. The van der Waals surface area contributed by atoms with E-state index in [1.807, 2.05) is 12.1 Å². The van der Waals surface area contributed by atoms with Gasteiger partial charge in [0.15, 0.2) is 11.7 Å². The molecule has 0 bridgehead atoms. The van der Waals surface area contributed by atoms with E-state index in [1.165, 1.54) is 14.2 Å². The number of benzene rings is 1. The zero-order valence-corrected chi connectivity index (χ0v) is 15.0. The molecule has 26 heavy (non-hydrogen) atoms. The summed E-state index contributed by atoms with van der Waals surface area (Å²) in [4.78, 5) is 45.6. The number of aryl methyl sites for hydroxylation is 1. The molecule has 0 atom stereocenters. The molecule has 1 aromatic carbocycles. The highest BCUT2D eigenvalue weighted by Crippen LogP contribution is 2.15. The predicted molar refractivity (Wildman–Crippen MR) is 92.7 cm³/mol. The molecule has 1 N–H and O–H groups in total. The van der Waals surface area contributed by atoms with Gasteiger partial charge >= 0.3 is 17.9 Å². The highest BCUT2D eigenvalue weighted by molar-refractivity contribution is 5.96. The molecule has 7 nitrogen and oxygen atoms in total. The van der Waals surface area contributed by atoms with E-state index in [0.29, 0.717) is 31.2 Å². The van der Waals surface area contributed by atoms with Crippen LogP contribution in [0.15, 0.2) is 24.3 Å². The average molecular weight is 364 g/mol. The average Bonchev–Trinajstić information content (AvgIpc) is 2.64. The molecule has 0 fully saturated rings. The molecule has 0 aliphatic carbocycles. The Morgan fingerprint density at radius 1 is 0.923 bits per heavy atom. The lowest BCUT2D eigenvalue weighted by Crippen LogP contribution is -2.26. The van der Waals surface area contributed by atoms with E-state index in [1.54, 1.807) is 12.1 Å². The fraction of sp³-hybridized carbons (Fsp3) is 0.474. The van der Waals surface area contributed by atoms with Crippen LogP contribution in [-0.4, -0.2) is 43.0 Å². The number of Topliss-reactive ketones (excluding diaryl/α,β-unsaturated/α-hetero) is 1. The Morgan fingerprint density at radius 3 is 2.00 bits per heavy atom. The van der Waals surface area contributed by atoms with Gasteiger partial charge in [0, 0.05) is 18.4 Å². The quantitative estimate of drug-likeness (QED) is 0.365. The maximum atomic E-state index is 12.0. The van der Waals surface area contributed by atoms with Gasteiger partial charge in [-0.05, 0) is 31.2 Å². The molecule has 1 rings (SSSR count). The third kappa shape index (κ3) is 7.04. The highest BCUT2D eigenvalue weighted by Gasteiger charge is 2.27. The van der Waals surface area contributed by atoms with Gasteiger partial charge in [-0.3, -0.25) is 19.2 Å². The number of carboxylic acid groups (broad SMARTS) is 1. The fourth-order valence-corrected chi connectivity index (χ4v) is 2.53. The molecule has 0 heterocycles. The van der Waals surface area contributed by atoms with Crippen LogP contribution in [0.25, 0.3) is 0 Å². The molecule has 0 aliphatic rings. The van der Waals surface area contributed by atoms with Crippen LogP contribution in [0.4, 0.5) is 0 Å². The maximum absolute atomic E-state index is 12.0. The Bertz CT molecular complexity index is 618. The molecule has 0 radical (unpaired) electrons. The molecular formula is C19H24O7. The Balaban J connectivity index is 2.51. The fourth-order valence-electron chi connectivity index (χ4n) is 2.53. The minimum Gasteiger partial charge on any atom is -0.481 e. The lowest BCUT2D eigenvalue weighted by molar-refractivity contribution is -0.159. The second-order valence-electron chi connectivity index (χ2n) is 5.86. The Labute approximate surface area is 152 Å². The molecular weight excluding hydrogens is 340 g/mol. The smallest absolute Gasteiger partial charge is 0.320 e. The molecule has 0 unspecified atom stereocenters. The van der Waals surface area contributed by atoms with Gasteiger partial charge in [0.05, 0.1) is 14.2 Å². The molecule has 0 amide bonds. The van der Waals surface area contributed by atoms with Crippen molar-refractivity contribution in [2.75, 3.05) is 14.2 Å². The van der Waals surface area contributed by atoms with Gasteiger partial charge in [-0.25, -0.2) is 0 Å². The summed E-state index contributed by atoms with van der Waals surface area (Å²) in [6.45, 7) is 0. The van der Waals surface area contributed by atoms with E-state index >= 15 is 0 Å². The van der Waals surface area contributed by atoms with Crippen molar-refractivity contribution in [2.45, 2.75) is 38.5 Å². The molecule has 0 saturated carbocycles. The van der Waals surface area contributed by atoms with Crippen LogP contribution in [0.1, 0.15) is 48.0 Å². The van der Waals surface area contributed by atoms with Crippen LogP contribution in [-0.2, 0) is 30.3 Å². The number of carbonyl (C=O) groups excluding carboxylic acids is 3. The number of methoxy groups -OCH3 is 2. The summed E-state index contributed by atoms with van der Waals surface area (Å²) < 4.78 is 9.23. The third-order valence-corrected chi connectivity index (χ3v) is 4.00. The first-order valence-electron chi connectivity index (χ1n) is 8.38. The molecule has 0 aromatic heterocycles. The molecule has 0 aliphatic heterocycles. The summed E-state index contributed by atoms with van der Waals surface area (Å²) in [5.41, 5.74) is 1.52. The molecule has 142 valence electrons. The van der Waals surface area contributed by atoms with Crippen molar-refractivity contribution in [1.82, 2.24) is 0 Å². The lowest BCUT2D eigenvalue weighted by atomic mass is 9.98. The topological polar surface area (TPSA) is 107 Å². The molecule has 0 spiro atoms. The van der Waals surface area contributed by atoms with Crippen molar-refractivity contribution in [1.29, 1.82) is 0 Å². The van der Waals surface area contributed by atoms with Crippen LogP contribution in [0, 0.1) is 5.92 Å². The Hall–Kier alpha value is -2.70. The summed E-state index contributed by atoms with van der Waals surface area (Å²) in [6.07, 6.45) is 2.03. The zero-order chi connectivity index (χ0) is 19.5. The summed E-state index contributed by atoms with van der Waals surface area (Å²) in [5.74, 6) is -3.15. The van der Waals surface area contributed by atoms with Gasteiger partial charge in [-0.1, -0.05) is 24.3 Å². The van der Waals surface area contributed by atoms with Crippen LogP contribution >= 0.6 is 0 Å². The van der Waals surface area contributed by atoms with Gasteiger partial charge < -0.3 is 14.6 Å². The summed E-state index contributed by atoms with van der Waals surface area (Å²) in [6, 6.07) is 7.04. The van der Waals surface area contributed by atoms with Crippen molar-refractivity contribution in [3.05, 3.63) is 35.4 Å². The number of rotatable bonds is 11. The first kappa shape index (κ1) is 21.3. The number of hydrogen-bond acceptors (Lipinski definition) is 6. The summed E-state index contributed by atoms with van der Waals surface area (Å²) >= 11 is 0. The van der Waals surface area contributed by atoms with Crippen molar-refractivity contribution < 1.29 is 33.8 Å². The summed E-state index contributed by atoms with van der Waals surface area (Å²) in [7, 11) is 2.45. The van der Waals surface area contributed by atoms with Gasteiger partial charge in [-0.15, -0.1) is 0 Å². The van der Waals surface area contributed by atoms with Crippen molar-refractivity contribution >= 4 is 23.7 Å². The van der Waals surface area contributed by atoms with Crippen LogP contribution < -0.4 is 0 Å². The second kappa shape index (κ2) is 11.0. The van der Waals surface area contributed by atoms with Gasteiger partial charge in [0.25, 0.3) is 0 Å². The normalized spacial score (nSPS) is 10.4. The monoisotopic (exact) mass is 364 g/mol. The number of carbonyl (C=O) groups is 4. The van der Waals surface area contributed by atoms with E-state index in [4.69, 9.17) is 5.11 Å². The van der Waals surface area contributed by atoms with Crippen LogP contribution in [0.3, 0.4) is 0 Å². The SMILES string of the molecule is COC(=O)C(CCCc1ccc(C(=O)CCCC(=O)O)cc1)C(=O)OC. The number of ether oxygens (including phenoxy) is 2. The first-order valence-corrected chi connectivity index (χ1v) is 8.38. The van der Waals surface area contributed by atoms with Gasteiger partial charge in [0.1, 0.15) is 0 Å². The minimum atomic E-state index is -0.930. The number of ketones is 1. The Kier molecular flexibility index (Phi) is 9.05. The largest absolute Gasteiger partial charge is 0.481 e. The first-order chi connectivity index (χ1) is 12.4. The lowest BCUT2D eigenvalue weighted by Gasteiger charge is -2.12. The maximum Gasteiger partial charge on any atom is 0.320 e. The molecule has 1 aromatic rings. The number of aliphatic carboxylic acids is 1. The van der Waals surface area contributed by atoms with E-state index in [9.17, 15) is 19.2 Å². The van der Waals surface area contributed by atoms with Crippen molar-refractivity contribution in [3.63, 3.8) is 0 Å². The molecule has 0 saturated heterocycles. The second-order valence-corrected chi connectivity index (χ2v) is 5.86. The standard InChI is InChI=1S/C19H24O7/c1-25-18(23)15(19(24)26-2)6-3-5-13-9-11-14(12-10-13)16(20)7-4-8-17(21)22/h9-12,15H,3-8H2,1-2H3,(H,21,22). The highest BCUT2D eigenvalue weighted by atomic mass is 16.5. The van der Waals surface area contributed by atoms with Crippen LogP contribution in [0.2, 0.25) is 0 Å². The summed E-state index contributed by atoms with van der Waals surface area (Å²) in [5, 5.41) is 8.59. The van der Waals surface area contributed by atoms with Crippen molar-refractivity contribution in [3.8, 4) is 0 Å². The number of esters is 2. The van der Waals surface area contributed by atoms with E-state index in [-0.39, 0.29) is 18.6 Å². The van der Waals surface area contributed by atoms with Crippen LogP contribution in [0.5, 0.6) is 0 Å².